The number of hydrogen-bond acceptors (Lipinski definition) is 2. The molecule has 8 aromatic carbocycles. The van der Waals surface area contributed by atoms with E-state index in [-0.39, 0.29) is 0 Å². The van der Waals surface area contributed by atoms with Gasteiger partial charge in [0.15, 0.2) is 0 Å². The molecule has 0 bridgehead atoms. The van der Waals surface area contributed by atoms with Gasteiger partial charge in [-0.25, -0.2) is 0 Å². The van der Waals surface area contributed by atoms with Gasteiger partial charge in [0.05, 0.1) is 16.7 Å². The van der Waals surface area contributed by atoms with Crippen molar-refractivity contribution in [1.29, 1.82) is 0 Å². The fourth-order valence-corrected chi connectivity index (χ4v) is 8.73. The summed E-state index contributed by atoms with van der Waals surface area (Å²) in [5.74, 6) is 0. The Morgan fingerprint density at radius 3 is 1.75 bits per heavy atom. The third kappa shape index (κ3) is 5.01. The van der Waals surface area contributed by atoms with Gasteiger partial charge in [0, 0.05) is 48.0 Å². The lowest BCUT2D eigenvalue weighted by Crippen LogP contribution is -2.10. The molecule has 0 aliphatic heterocycles. The molecule has 10 aromatic rings. The van der Waals surface area contributed by atoms with Gasteiger partial charge in [-0.15, -0.1) is 11.3 Å². The van der Waals surface area contributed by atoms with Crippen LogP contribution in [-0.2, 0) is 0 Å². The summed E-state index contributed by atoms with van der Waals surface area (Å²) < 4.78 is 4.96. The zero-order chi connectivity index (χ0) is 33.7. The van der Waals surface area contributed by atoms with Crippen molar-refractivity contribution in [3.63, 3.8) is 0 Å². The van der Waals surface area contributed by atoms with E-state index in [1.807, 2.05) is 11.3 Å². The van der Waals surface area contributed by atoms with Crippen LogP contribution in [-0.4, -0.2) is 4.57 Å². The molecule has 2 aromatic heterocycles. The topological polar surface area (TPSA) is 8.17 Å². The van der Waals surface area contributed by atoms with Gasteiger partial charge >= 0.3 is 0 Å². The van der Waals surface area contributed by atoms with E-state index in [1.165, 1.54) is 64.2 Å². The molecule has 51 heavy (non-hydrogen) atoms. The summed E-state index contributed by atoms with van der Waals surface area (Å²) in [4.78, 5) is 2.45. The molecule has 240 valence electrons. The predicted molar refractivity (Wildman–Crippen MR) is 219 cm³/mol. The van der Waals surface area contributed by atoms with Crippen molar-refractivity contribution in [2.45, 2.75) is 0 Å². The summed E-state index contributed by atoms with van der Waals surface area (Å²) in [5.41, 5.74) is 11.8. The molecule has 0 N–H and O–H groups in total. The number of anilines is 3. The van der Waals surface area contributed by atoms with Crippen LogP contribution in [0.4, 0.5) is 17.1 Å². The summed E-state index contributed by atoms with van der Waals surface area (Å²) in [7, 11) is 0. The zero-order valence-corrected chi connectivity index (χ0v) is 28.6. The van der Waals surface area contributed by atoms with Crippen molar-refractivity contribution >= 4 is 70.4 Å². The first kappa shape index (κ1) is 29.5. The monoisotopic (exact) mass is 668 g/mol. The lowest BCUT2D eigenvalue weighted by atomic mass is 10.0. The van der Waals surface area contributed by atoms with Crippen molar-refractivity contribution in [3.05, 3.63) is 194 Å². The molecule has 0 aliphatic rings. The number of fused-ring (bicyclic) bond motifs is 6. The number of aromatic nitrogens is 1. The third-order valence-electron chi connectivity index (χ3n) is 9.98. The molecule has 0 fully saturated rings. The van der Waals surface area contributed by atoms with Gasteiger partial charge in [-0.2, -0.15) is 0 Å². The highest BCUT2D eigenvalue weighted by molar-refractivity contribution is 7.26. The maximum absolute atomic E-state index is 2.45. The number of nitrogens with zero attached hydrogens (tertiary/aromatic N) is 2. The van der Waals surface area contributed by atoms with Crippen molar-refractivity contribution < 1.29 is 0 Å². The van der Waals surface area contributed by atoms with Crippen LogP contribution in [0.3, 0.4) is 0 Å². The van der Waals surface area contributed by atoms with Crippen molar-refractivity contribution in [3.8, 4) is 27.9 Å². The van der Waals surface area contributed by atoms with Crippen LogP contribution in [0, 0.1) is 0 Å². The Bertz CT molecular complexity index is 2830. The number of hydrogen-bond donors (Lipinski definition) is 0. The van der Waals surface area contributed by atoms with E-state index in [4.69, 9.17) is 0 Å². The Balaban J connectivity index is 1.24. The molecular formula is C48H32N2S. The molecular weight excluding hydrogens is 637 g/mol. The molecule has 2 nitrogen and oxygen atoms in total. The van der Waals surface area contributed by atoms with Gasteiger partial charge in [-0.1, -0.05) is 127 Å². The minimum atomic E-state index is 1.11. The van der Waals surface area contributed by atoms with Crippen LogP contribution in [0.15, 0.2) is 194 Å². The SMILES string of the molecule is c1ccc(-c2ccc(N(c3ccc4c5ccccc5n(-c5ccccc5)c4c3)c3cccc4sc5ccc(-c6ccccc6)cc5c34)cc2)cc1. The highest BCUT2D eigenvalue weighted by Gasteiger charge is 2.21. The summed E-state index contributed by atoms with van der Waals surface area (Å²) in [6, 6.07) is 70.4. The summed E-state index contributed by atoms with van der Waals surface area (Å²) in [6.45, 7) is 0. The Morgan fingerprint density at radius 1 is 0.373 bits per heavy atom. The van der Waals surface area contributed by atoms with Gasteiger partial charge in [0.1, 0.15) is 0 Å². The quantitative estimate of drug-likeness (QED) is 0.171. The summed E-state index contributed by atoms with van der Waals surface area (Å²) >= 11 is 1.86. The average Bonchev–Trinajstić information content (AvgIpc) is 3.75. The molecule has 0 saturated heterocycles. The van der Waals surface area contributed by atoms with Crippen molar-refractivity contribution in [1.82, 2.24) is 4.57 Å². The molecule has 0 unspecified atom stereocenters. The first-order chi connectivity index (χ1) is 25.3. The van der Waals surface area contributed by atoms with Crippen LogP contribution in [0.2, 0.25) is 0 Å². The first-order valence-corrected chi connectivity index (χ1v) is 18.2. The van der Waals surface area contributed by atoms with Gasteiger partial charge in [-0.3, -0.25) is 0 Å². The molecule has 3 heteroatoms. The van der Waals surface area contributed by atoms with Crippen LogP contribution in [0.5, 0.6) is 0 Å². The molecule has 0 saturated carbocycles. The molecule has 10 rings (SSSR count). The maximum atomic E-state index is 2.45. The second-order valence-electron chi connectivity index (χ2n) is 13.0. The summed E-state index contributed by atoms with van der Waals surface area (Å²) in [6.07, 6.45) is 0. The van der Waals surface area contributed by atoms with Crippen LogP contribution < -0.4 is 4.90 Å². The van der Waals surface area contributed by atoms with Crippen molar-refractivity contribution in [2.75, 3.05) is 4.90 Å². The Morgan fingerprint density at radius 2 is 0.980 bits per heavy atom. The Hall–Kier alpha value is -6.42. The van der Waals surface area contributed by atoms with E-state index in [2.05, 4.69) is 204 Å². The maximum Gasteiger partial charge on any atom is 0.0561 e. The second kappa shape index (κ2) is 12.2. The molecule has 2 heterocycles. The fraction of sp³-hybridized carbons (Fsp3) is 0. The highest BCUT2D eigenvalue weighted by Crippen LogP contribution is 2.47. The van der Waals surface area contributed by atoms with E-state index in [1.54, 1.807) is 0 Å². The number of benzene rings is 8. The lowest BCUT2D eigenvalue weighted by Gasteiger charge is -2.27. The number of rotatable bonds is 6. The minimum Gasteiger partial charge on any atom is -0.310 e. The third-order valence-corrected chi connectivity index (χ3v) is 11.1. The molecule has 0 spiro atoms. The zero-order valence-electron chi connectivity index (χ0n) is 27.8. The molecule has 0 atom stereocenters. The van der Waals surface area contributed by atoms with Gasteiger partial charge in [-0.05, 0) is 89.0 Å². The van der Waals surface area contributed by atoms with Crippen LogP contribution in [0.25, 0.3) is 69.9 Å². The molecule has 0 radical (unpaired) electrons. The van der Waals surface area contributed by atoms with Crippen LogP contribution in [0.1, 0.15) is 0 Å². The van der Waals surface area contributed by atoms with Gasteiger partial charge in [0.25, 0.3) is 0 Å². The normalized spacial score (nSPS) is 11.5. The standard InChI is InChI=1S/C48H32N2S/c1-4-13-33(14-5-1)35-23-26-38(27-24-35)49(39-28-29-41-40-19-10-11-20-43(40)50(45(41)32-39)37-17-8-3-9-18-37)44-21-12-22-47-48(44)42-31-36(25-30-46(42)51-47)34-15-6-2-7-16-34/h1-32H. The van der Waals surface area contributed by atoms with E-state index in [0.717, 1.165) is 22.7 Å². The fourth-order valence-electron chi connectivity index (χ4n) is 7.62. The largest absolute Gasteiger partial charge is 0.310 e. The van der Waals surface area contributed by atoms with Crippen molar-refractivity contribution in [2.24, 2.45) is 0 Å². The van der Waals surface area contributed by atoms with Gasteiger partial charge in [0.2, 0.25) is 0 Å². The lowest BCUT2D eigenvalue weighted by molar-refractivity contribution is 1.18. The summed E-state index contributed by atoms with van der Waals surface area (Å²) in [5, 5.41) is 5.04. The highest BCUT2D eigenvalue weighted by atomic mass is 32.1. The number of para-hydroxylation sites is 2. The smallest absolute Gasteiger partial charge is 0.0561 e. The number of thiophene rings is 1. The van der Waals surface area contributed by atoms with Crippen LogP contribution >= 0.6 is 11.3 Å². The minimum absolute atomic E-state index is 1.11. The van der Waals surface area contributed by atoms with E-state index < -0.39 is 0 Å². The first-order valence-electron chi connectivity index (χ1n) is 17.4. The second-order valence-corrected chi connectivity index (χ2v) is 14.1. The van der Waals surface area contributed by atoms with E-state index in [9.17, 15) is 0 Å². The molecule has 0 amide bonds. The average molecular weight is 669 g/mol. The Labute approximate surface area is 300 Å². The predicted octanol–water partition coefficient (Wildman–Crippen LogP) is 14.0. The molecule has 0 aliphatic carbocycles. The van der Waals surface area contributed by atoms with E-state index >= 15 is 0 Å². The Kier molecular flexibility index (Phi) is 7.04. The van der Waals surface area contributed by atoms with E-state index in [0.29, 0.717) is 0 Å². The van der Waals surface area contributed by atoms with Gasteiger partial charge < -0.3 is 9.47 Å².